The van der Waals surface area contributed by atoms with Crippen LogP contribution in [0.1, 0.15) is 25.5 Å². The Morgan fingerprint density at radius 1 is 1.50 bits per heavy atom. The number of nitrogens with two attached hydrogens (primary N) is 2. The molecule has 18 heavy (non-hydrogen) atoms. The smallest absolute Gasteiger partial charge is 0.295 e. The number of hydrogen-bond acceptors (Lipinski definition) is 6. The van der Waals surface area contributed by atoms with Crippen molar-refractivity contribution in [3.8, 4) is 5.75 Å². The zero-order chi connectivity index (χ0) is 13.7. The van der Waals surface area contributed by atoms with Crippen molar-refractivity contribution in [2.45, 2.75) is 31.6 Å². The number of nitrogens with zero attached hydrogens (tertiary/aromatic N) is 1. The predicted octanol–water partition coefficient (Wildman–Crippen LogP) is 0.709. The molecule has 1 heterocycles. The molecule has 2 atom stereocenters. The summed E-state index contributed by atoms with van der Waals surface area (Å²) in [5.74, 6) is 0.290. The fourth-order valence-electron chi connectivity index (χ4n) is 2.06. The van der Waals surface area contributed by atoms with Gasteiger partial charge in [0.05, 0.1) is 17.0 Å². The van der Waals surface area contributed by atoms with Crippen LogP contribution in [0.2, 0.25) is 0 Å². The summed E-state index contributed by atoms with van der Waals surface area (Å²) in [6.07, 6.45) is -0.911. The first kappa shape index (κ1) is 12.6. The summed E-state index contributed by atoms with van der Waals surface area (Å²) in [5.41, 5.74) is 10.8. The normalized spacial score (nSPS) is 25.1. The predicted molar refractivity (Wildman–Crippen MR) is 65.2 cm³/mol. The molecule has 0 aliphatic carbocycles. The third-order valence-electron chi connectivity index (χ3n) is 3.14. The Hall–Kier alpha value is -1.86. The van der Waals surface area contributed by atoms with Crippen LogP contribution in [0, 0.1) is 10.1 Å². The van der Waals surface area contributed by atoms with Crippen molar-refractivity contribution in [3.05, 3.63) is 27.8 Å². The van der Waals surface area contributed by atoms with Crippen molar-refractivity contribution < 1.29 is 14.8 Å². The van der Waals surface area contributed by atoms with Gasteiger partial charge < -0.3 is 21.3 Å². The number of fused-ring (bicyclic) bond motifs is 1. The lowest BCUT2D eigenvalue weighted by Crippen LogP contribution is -2.51. The van der Waals surface area contributed by atoms with Crippen LogP contribution in [0.15, 0.2) is 12.1 Å². The fraction of sp³-hybridized carbons (Fsp3) is 0.455. The summed E-state index contributed by atoms with van der Waals surface area (Å²) in [6.45, 7) is 3.34. The molecule has 0 spiro atoms. The molecular weight excluding hydrogens is 238 g/mol. The number of nitro groups is 1. The van der Waals surface area contributed by atoms with Crippen LogP contribution in [0.5, 0.6) is 5.75 Å². The van der Waals surface area contributed by atoms with E-state index in [1.165, 1.54) is 12.1 Å². The van der Waals surface area contributed by atoms with E-state index in [1.54, 1.807) is 13.8 Å². The van der Waals surface area contributed by atoms with E-state index in [4.69, 9.17) is 16.2 Å². The van der Waals surface area contributed by atoms with Gasteiger partial charge in [0, 0.05) is 5.56 Å². The topological polar surface area (TPSA) is 125 Å². The molecule has 0 radical (unpaired) electrons. The molecule has 0 bridgehead atoms. The second-order valence-electron chi connectivity index (χ2n) is 4.88. The van der Waals surface area contributed by atoms with Gasteiger partial charge in [-0.25, -0.2) is 0 Å². The zero-order valence-electron chi connectivity index (χ0n) is 10.1. The second kappa shape index (κ2) is 3.82. The molecule has 0 saturated carbocycles. The number of aliphatic hydroxyl groups excluding tert-OH is 1. The lowest BCUT2D eigenvalue weighted by molar-refractivity contribution is -0.384. The lowest BCUT2D eigenvalue weighted by Gasteiger charge is -2.40. The molecule has 0 aromatic heterocycles. The maximum atomic E-state index is 10.8. The molecule has 7 heteroatoms. The van der Waals surface area contributed by atoms with E-state index in [0.717, 1.165) is 0 Å². The van der Waals surface area contributed by atoms with Crippen molar-refractivity contribution in [2.75, 3.05) is 5.73 Å². The zero-order valence-corrected chi connectivity index (χ0v) is 10.1. The number of rotatable bonds is 1. The largest absolute Gasteiger partial charge is 0.484 e. The van der Waals surface area contributed by atoms with E-state index in [-0.39, 0.29) is 11.4 Å². The fourth-order valence-corrected chi connectivity index (χ4v) is 2.06. The maximum Gasteiger partial charge on any atom is 0.295 e. The second-order valence-corrected chi connectivity index (χ2v) is 4.88. The third-order valence-corrected chi connectivity index (χ3v) is 3.14. The molecule has 1 aromatic rings. The molecular formula is C11H15N3O4. The Morgan fingerprint density at radius 3 is 2.67 bits per heavy atom. The maximum absolute atomic E-state index is 10.8. The summed E-state index contributed by atoms with van der Waals surface area (Å²) in [6, 6.07) is 1.95. The Kier molecular flexibility index (Phi) is 2.67. The van der Waals surface area contributed by atoms with Gasteiger partial charge in [-0.2, -0.15) is 0 Å². The van der Waals surface area contributed by atoms with E-state index in [9.17, 15) is 15.2 Å². The van der Waals surface area contributed by atoms with Crippen LogP contribution in [-0.4, -0.2) is 21.7 Å². The molecule has 5 N–H and O–H groups in total. The van der Waals surface area contributed by atoms with Gasteiger partial charge >= 0.3 is 0 Å². The van der Waals surface area contributed by atoms with E-state index < -0.39 is 22.7 Å². The van der Waals surface area contributed by atoms with Crippen LogP contribution in [0.25, 0.3) is 0 Å². The van der Waals surface area contributed by atoms with Crippen molar-refractivity contribution in [1.29, 1.82) is 0 Å². The monoisotopic (exact) mass is 253 g/mol. The van der Waals surface area contributed by atoms with E-state index >= 15 is 0 Å². The first-order chi connectivity index (χ1) is 8.24. The minimum atomic E-state index is -0.911. The number of nitrogen functional groups attached to an aromatic ring is 1. The molecule has 0 amide bonds. The molecule has 2 rings (SSSR count). The SMILES string of the molecule is CC1(C)Oc2cc([N+](=O)[O-])c(N)cc2C(N)C1O. The number of anilines is 1. The molecule has 98 valence electrons. The highest BCUT2D eigenvalue weighted by molar-refractivity contribution is 5.64. The Balaban J connectivity index is 2.58. The quantitative estimate of drug-likeness (QED) is 0.384. The Labute approximate surface area is 103 Å². The first-order valence-corrected chi connectivity index (χ1v) is 5.44. The van der Waals surface area contributed by atoms with Crippen molar-refractivity contribution in [3.63, 3.8) is 0 Å². The van der Waals surface area contributed by atoms with Gasteiger partial charge in [-0.05, 0) is 19.9 Å². The number of nitro benzene ring substituents is 1. The number of benzene rings is 1. The highest BCUT2D eigenvalue weighted by Crippen LogP contribution is 2.42. The molecule has 0 saturated heterocycles. The van der Waals surface area contributed by atoms with Crippen LogP contribution < -0.4 is 16.2 Å². The third kappa shape index (κ3) is 1.77. The Morgan fingerprint density at radius 2 is 2.11 bits per heavy atom. The van der Waals surface area contributed by atoms with E-state index in [1.807, 2.05) is 0 Å². The summed E-state index contributed by atoms with van der Waals surface area (Å²) >= 11 is 0. The van der Waals surface area contributed by atoms with Gasteiger partial charge in [0.1, 0.15) is 23.1 Å². The van der Waals surface area contributed by atoms with E-state index in [2.05, 4.69) is 0 Å². The summed E-state index contributed by atoms with van der Waals surface area (Å²) in [5, 5.41) is 20.8. The molecule has 0 fully saturated rings. The van der Waals surface area contributed by atoms with Crippen LogP contribution in [-0.2, 0) is 0 Å². The summed E-state index contributed by atoms with van der Waals surface area (Å²) in [4.78, 5) is 10.2. The van der Waals surface area contributed by atoms with Crippen molar-refractivity contribution >= 4 is 11.4 Å². The standard InChI is InChI=1S/C11H15N3O4/c1-11(2)10(15)9(13)5-3-6(12)7(14(16)17)4-8(5)18-11/h3-4,9-10,15H,12-13H2,1-2H3. The molecule has 2 unspecified atom stereocenters. The van der Waals surface area contributed by atoms with Gasteiger partial charge in [-0.1, -0.05) is 0 Å². The molecule has 1 aliphatic heterocycles. The van der Waals surface area contributed by atoms with Crippen LogP contribution in [0.3, 0.4) is 0 Å². The number of hydrogen-bond donors (Lipinski definition) is 3. The van der Waals surface area contributed by atoms with Crippen molar-refractivity contribution in [2.24, 2.45) is 5.73 Å². The number of ether oxygens (including phenoxy) is 1. The average molecular weight is 253 g/mol. The number of aliphatic hydroxyl groups is 1. The van der Waals surface area contributed by atoms with Crippen LogP contribution in [0.4, 0.5) is 11.4 Å². The molecule has 7 nitrogen and oxygen atoms in total. The van der Waals surface area contributed by atoms with Gasteiger partial charge in [0.25, 0.3) is 5.69 Å². The van der Waals surface area contributed by atoms with Gasteiger partial charge in [0.2, 0.25) is 0 Å². The van der Waals surface area contributed by atoms with Gasteiger partial charge in [-0.3, -0.25) is 10.1 Å². The minimum Gasteiger partial charge on any atom is -0.484 e. The highest BCUT2D eigenvalue weighted by Gasteiger charge is 2.42. The molecule has 1 aliphatic rings. The summed E-state index contributed by atoms with van der Waals surface area (Å²) in [7, 11) is 0. The average Bonchev–Trinajstić information content (AvgIpc) is 2.26. The Bertz CT molecular complexity index is 515. The van der Waals surface area contributed by atoms with Gasteiger partial charge in [0.15, 0.2) is 0 Å². The van der Waals surface area contributed by atoms with E-state index in [0.29, 0.717) is 11.3 Å². The van der Waals surface area contributed by atoms with Gasteiger partial charge in [-0.15, -0.1) is 0 Å². The first-order valence-electron chi connectivity index (χ1n) is 5.44. The minimum absolute atomic E-state index is 0.00436. The lowest BCUT2D eigenvalue weighted by atomic mass is 9.87. The highest BCUT2D eigenvalue weighted by atomic mass is 16.6. The van der Waals surface area contributed by atoms with Crippen molar-refractivity contribution in [1.82, 2.24) is 0 Å². The molecule has 1 aromatic carbocycles. The summed E-state index contributed by atoms with van der Waals surface area (Å²) < 4.78 is 5.56. The van der Waals surface area contributed by atoms with Crippen LogP contribution >= 0.6 is 0 Å².